The van der Waals surface area contributed by atoms with E-state index in [0.29, 0.717) is 17.6 Å². The lowest BCUT2D eigenvalue weighted by molar-refractivity contribution is 0.0251. The van der Waals surface area contributed by atoms with Crippen molar-refractivity contribution in [2.75, 3.05) is 6.61 Å². The van der Waals surface area contributed by atoms with E-state index in [1.807, 2.05) is 25.1 Å². The van der Waals surface area contributed by atoms with Crippen molar-refractivity contribution in [3.05, 3.63) is 71.6 Å². The van der Waals surface area contributed by atoms with Gasteiger partial charge in [-0.15, -0.1) is 0 Å². The van der Waals surface area contributed by atoms with Gasteiger partial charge < -0.3 is 4.74 Å². The highest BCUT2D eigenvalue weighted by molar-refractivity contribution is 5.65. The molecule has 1 aliphatic carbocycles. The van der Waals surface area contributed by atoms with E-state index in [-0.39, 0.29) is 5.82 Å². The zero-order valence-electron chi connectivity index (χ0n) is 17.3. The van der Waals surface area contributed by atoms with Crippen LogP contribution in [-0.2, 0) is 11.2 Å². The highest BCUT2D eigenvalue weighted by Gasteiger charge is 2.23. The monoisotopic (exact) mass is 380 g/mol. The molecule has 2 heteroatoms. The molecule has 1 fully saturated rings. The van der Waals surface area contributed by atoms with E-state index in [4.69, 9.17) is 4.74 Å². The molecule has 0 heterocycles. The first-order chi connectivity index (χ1) is 13.7. The van der Waals surface area contributed by atoms with Crippen LogP contribution in [-0.4, -0.2) is 12.7 Å². The second-order valence-electron chi connectivity index (χ2n) is 7.89. The molecule has 0 atom stereocenters. The summed E-state index contributed by atoms with van der Waals surface area (Å²) in [4.78, 5) is 0. The Balaban J connectivity index is 1.63. The fraction of sp³-hybridized carbons (Fsp3) is 0.462. The molecule has 3 rings (SSSR count). The molecule has 0 unspecified atom stereocenters. The third kappa shape index (κ3) is 5.54. The molecule has 0 aromatic heterocycles. The summed E-state index contributed by atoms with van der Waals surface area (Å²) >= 11 is 0. The maximum atomic E-state index is 14.8. The van der Waals surface area contributed by atoms with Crippen molar-refractivity contribution in [1.82, 2.24) is 0 Å². The van der Waals surface area contributed by atoms with Gasteiger partial charge >= 0.3 is 0 Å². The van der Waals surface area contributed by atoms with Crippen molar-refractivity contribution in [2.45, 2.75) is 70.8 Å². The van der Waals surface area contributed by atoms with Gasteiger partial charge in [-0.3, -0.25) is 0 Å². The fourth-order valence-electron chi connectivity index (χ4n) is 4.13. The Morgan fingerprint density at radius 2 is 1.79 bits per heavy atom. The average molecular weight is 381 g/mol. The number of halogens is 1. The lowest BCUT2D eigenvalue weighted by Gasteiger charge is -2.29. The average Bonchev–Trinajstić information content (AvgIpc) is 2.73. The van der Waals surface area contributed by atoms with Gasteiger partial charge in [-0.2, -0.15) is 0 Å². The van der Waals surface area contributed by atoms with Crippen LogP contribution < -0.4 is 0 Å². The van der Waals surface area contributed by atoms with Gasteiger partial charge in [0, 0.05) is 12.2 Å². The summed E-state index contributed by atoms with van der Waals surface area (Å²) in [5.41, 5.74) is 4.08. The Morgan fingerprint density at radius 1 is 1.04 bits per heavy atom. The molecule has 0 bridgehead atoms. The molecule has 0 saturated heterocycles. The third-order valence-corrected chi connectivity index (χ3v) is 5.80. The molecule has 1 nitrogen and oxygen atoms in total. The summed E-state index contributed by atoms with van der Waals surface area (Å²) in [6.07, 6.45) is 12.1. The summed E-state index contributed by atoms with van der Waals surface area (Å²) in [6.45, 7) is 5.04. The van der Waals surface area contributed by atoms with Crippen molar-refractivity contribution in [3.63, 3.8) is 0 Å². The summed E-state index contributed by atoms with van der Waals surface area (Å²) in [5, 5.41) is 0. The zero-order valence-corrected chi connectivity index (χ0v) is 17.3. The van der Waals surface area contributed by atoms with Gasteiger partial charge in [0.1, 0.15) is 5.82 Å². The molecule has 2 aromatic carbocycles. The Bertz CT molecular complexity index is 755. The number of aryl methyl sites for hydroxylation is 1. The fourth-order valence-corrected chi connectivity index (χ4v) is 4.13. The molecular weight excluding hydrogens is 347 g/mol. The van der Waals surface area contributed by atoms with Gasteiger partial charge in [-0.25, -0.2) is 4.39 Å². The van der Waals surface area contributed by atoms with E-state index in [1.54, 1.807) is 6.07 Å². The number of benzene rings is 2. The van der Waals surface area contributed by atoms with Gasteiger partial charge in [-0.1, -0.05) is 55.5 Å². The Morgan fingerprint density at radius 3 is 2.43 bits per heavy atom. The Hall–Kier alpha value is -1.93. The topological polar surface area (TPSA) is 9.23 Å². The van der Waals surface area contributed by atoms with E-state index < -0.39 is 0 Å². The number of rotatable bonds is 8. The summed E-state index contributed by atoms with van der Waals surface area (Å²) in [6, 6.07) is 14.1. The van der Waals surface area contributed by atoms with Crippen molar-refractivity contribution in [2.24, 2.45) is 0 Å². The highest BCUT2D eigenvalue weighted by Crippen LogP contribution is 2.36. The lowest BCUT2D eigenvalue weighted by Crippen LogP contribution is -2.21. The molecule has 0 aliphatic heterocycles. The standard InChI is InChI=1S/C26H33FO/c1-3-5-6-7-20-8-10-22(11-9-20)25-17-14-23(19-26(25)27)21-12-15-24(16-13-21)28-18-4-2/h3,5,8-11,14,17,19,21,24H,4,6-7,12-13,15-16,18H2,1-2H3/b5-3+. The molecular formula is C26H33FO. The smallest absolute Gasteiger partial charge is 0.131 e. The van der Waals surface area contributed by atoms with Crippen molar-refractivity contribution < 1.29 is 9.13 Å². The molecule has 150 valence electrons. The SMILES string of the molecule is C/C=C/CCc1ccc(-c2ccc(C3CCC(OCCC)CC3)cc2F)cc1. The van der Waals surface area contributed by atoms with Gasteiger partial charge in [0.2, 0.25) is 0 Å². The van der Waals surface area contributed by atoms with Crippen LogP contribution in [0.1, 0.15) is 69.4 Å². The van der Waals surface area contributed by atoms with Crippen LogP contribution >= 0.6 is 0 Å². The number of allylic oxidation sites excluding steroid dienone is 2. The van der Waals surface area contributed by atoms with Crippen LogP contribution in [0.15, 0.2) is 54.6 Å². The predicted octanol–water partition coefficient (Wildman–Crippen LogP) is 7.45. The Kier molecular flexibility index (Phi) is 7.85. The molecule has 2 aromatic rings. The lowest BCUT2D eigenvalue weighted by atomic mass is 9.82. The molecule has 1 aliphatic rings. The molecule has 0 radical (unpaired) electrons. The largest absolute Gasteiger partial charge is 0.378 e. The summed E-state index contributed by atoms with van der Waals surface area (Å²) in [5.74, 6) is 0.350. The van der Waals surface area contributed by atoms with E-state index >= 15 is 0 Å². The molecule has 28 heavy (non-hydrogen) atoms. The third-order valence-electron chi connectivity index (χ3n) is 5.80. The van der Waals surface area contributed by atoms with Crippen LogP contribution in [0.2, 0.25) is 0 Å². The minimum absolute atomic E-state index is 0.108. The van der Waals surface area contributed by atoms with Gasteiger partial charge in [-0.05, 0) is 80.5 Å². The summed E-state index contributed by atoms with van der Waals surface area (Å²) < 4.78 is 20.7. The normalized spacial score (nSPS) is 20.0. The minimum atomic E-state index is -0.108. The van der Waals surface area contributed by atoms with Crippen molar-refractivity contribution in [1.29, 1.82) is 0 Å². The number of hydrogen-bond acceptors (Lipinski definition) is 1. The maximum Gasteiger partial charge on any atom is 0.131 e. The van der Waals surface area contributed by atoms with Crippen LogP contribution in [0, 0.1) is 5.82 Å². The quantitative estimate of drug-likeness (QED) is 0.432. The minimum Gasteiger partial charge on any atom is -0.378 e. The summed E-state index contributed by atoms with van der Waals surface area (Å²) in [7, 11) is 0. The van der Waals surface area contributed by atoms with Crippen LogP contribution in [0.3, 0.4) is 0 Å². The van der Waals surface area contributed by atoms with E-state index in [0.717, 1.165) is 62.7 Å². The predicted molar refractivity (Wildman–Crippen MR) is 116 cm³/mol. The molecule has 1 saturated carbocycles. The van der Waals surface area contributed by atoms with Crippen molar-refractivity contribution in [3.8, 4) is 11.1 Å². The van der Waals surface area contributed by atoms with Crippen molar-refractivity contribution >= 4 is 0 Å². The molecule has 0 N–H and O–H groups in total. The zero-order chi connectivity index (χ0) is 19.8. The second-order valence-corrected chi connectivity index (χ2v) is 7.89. The first-order valence-corrected chi connectivity index (χ1v) is 10.8. The van der Waals surface area contributed by atoms with Crippen LogP contribution in [0.25, 0.3) is 11.1 Å². The maximum absolute atomic E-state index is 14.8. The van der Waals surface area contributed by atoms with Crippen LogP contribution in [0.5, 0.6) is 0 Å². The van der Waals surface area contributed by atoms with Gasteiger partial charge in [0.15, 0.2) is 0 Å². The van der Waals surface area contributed by atoms with E-state index in [1.165, 1.54) is 5.56 Å². The second kappa shape index (κ2) is 10.6. The van der Waals surface area contributed by atoms with Gasteiger partial charge in [0.25, 0.3) is 0 Å². The number of hydrogen-bond donors (Lipinski definition) is 0. The highest BCUT2D eigenvalue weighted by atomic mass is 19.1. The van der Waals surface area contributed by atoms with Crippen LogP contribution in [0.4, 0.5) is 4.39 Å². The van der Waals surface area contributed by atoms with E-state index in [9.17, 15) is 4.39 Å². The van der Waals surface area contributed by atoms with E-state index in [2.05, 4.69) is 37.3 Å². The Labute approximate surface area is 169 Å². The molecule has 0 spiro atoms. The first kappa shape index (κ1) is 20.8. The number of ether oxygens (including phenoxy) is 1. The van der Waals surface area contributed by atoms with Gasteiger partial charge in [0.05, 0.1) is 6.10 Å². The first-order valence-electron chi connectivity index (χ1n) is 10.8. The molecule has 0 amide bonds.